The number of hydrogen-bond donors (Lipinski definition) is 1. The number of aliphatic hydroxyl groups is 1. The first-order chi connectivity index (χ1) is 14.6. The van der Waals surface area contributed by atoms with E-state index in [9.17, 15) is 5.11 Å². The zero-order chi connectivity index (χ0) is 20.8. The van der Waals surface area contributed by atoms with Crippen LogP contribution in [-0.2, 0) is 10.3 Å². The van der Waals surface area contributed by atoms with E-state index in [4.69, 9.17) is 16.3 Å². The summed E-state index contributed by atoms with van der Waals surface area (Å²) in [7, 11) is 0. The third kappa shape index (κ3) is 5.11. The summed E-state index contributed by atoms with van der Waals surface area (Å²) in [6.45, 7) is 3.20. The predicted molar refractivity (Wildman–Crippen MR) is 122 cm³/mol. The van der Waals surface area contributed by atoms with Gasteiger partial charge in [0.1, 0.15) is 6.10 Å². The number of nitrogens with zero attached hydrogens (tertiary/aromatic N) is 1. The standard InChI is InChI=1S/C26H28ClNO2/c27-24-13-11-23(12-14-24)26(29)15-17-28(18-16-26)19-20-30-25(21-7-3-1-4-8-21)22-9-5-2-6-10-22/h1-14,25,29H,15-20H2. The maximum Gasteiger partial charge on any atom is 0.108 e. The first-order valence-corrected chi connectivity index (χ1v) is 10.9. The van der Waals surface area contributed by atoms with Crippen molar-refractivity contribution in [3.63, 3.8) is 0 Å². The minimum atomic E-state index is -0.765. The Kier molecular flexibility index (Phi) is 6.86. The summed E-state index contributed by atoms with van der Waals surface area (Å²) < 4.78 is 6.35. The van der Waals surface area contributed by atoms with Gasteiger partial charge in [-0.15, -0.1) is 0 Å². The van der Waals surface area contributed by atoms with E-state index in [1.165, 1.54) is 11.1 Å². The second-order valence-electron chi connectivity index (χ2n) is 7.95. The Hall–Kier alpha value is -2.17. The Morgan fingerprint density at radius 2 is 1.37 bits per heavy atom. The lowest BCUT2D eigenvalue weighted by Gasteiger charge is -2.38. The Bertz CT molecular complexity index is 867. The molecule has 0 atom stereocenters. The highest BCUT2D eigenvalue weighted by molar-refractivity contribution is 6.30. The fourth-order valence-electron chi connectivity index (χ4n) is 4.14. The molecule has 4 rings (SSSR count). The van der Waals surface area contributed by atoms with Crippen LogP contribution in [0.3, 0.4) is 0 Å². The summed E-state index contributed by atoms with van der Waals surface area (Å²) in [5.74, 6) is 0. The van der Waals surface area contributed by atoms with E-state index in [-0.39, 0.29) is 6.10 Å². The smallest absolute Gasteiger partial charge is 0.108 e. The molecular formula is C26H28ClNO2. The highest BCUT2D eigenvalue weighted by atomic mass is 35.5. The normalized spacial score (nSPS) is 16.6. The molecule has 0 bridgehead atoms. The van der Waals surface area contributed by atoms with E-state index in [1.807, 2.05) is 36.4 Å². The molecule has 3 aromatic rings. The number of rotatable bonds is 7. The Morgan fingerprint density at radius 3 is 1.90 bits per heavy atom. The Morgan fingerprint density at radius 1 is 0.833 bits per heavy atom. The molecule has 0 unspecified atom stereocenters. The van der Waals surface area contributed by atoms with Crippen LogP contribution in [0.2, 0.25) is 5.02 Å². The maximum atomic E-state index is 11.1. The van der Waals surface area contributed by atoms with Crippen LogP contribution < -0.4 is 0 Å². The molecule has 1 aliphatic rings. The van der Waals surface area contributed by atoms with Crippen LogP contribution in [0.4, 0.5) is 0 Å². The van der Waals surface area contributed by atoms with Crippen molar-refractivity contribution in [3.8, 4) is 0 Å². The van der Waals surface area contributed by atoms with Gasteiger partial charge in [0.2, 0.25) is 0 Å². The molecule has 30 heavy (non-hydrogen) atoms. The first-order valence-electron chi connectivity index (χ1n) is 10.6. The van der Waals surface area contributed by atoms with Crippen LogP contribution in [0.5, 0.6) is 0 Å². The van der Waals surface area contributed by atoms with Gasteiger partial charge in [-0.2, -0.15) is 0 Å². The lowest BCUT2D eigenvalue weighted by molar-refractivity contribution is -0.0339. The molecule has 3 nitrogen and oxygen atoms in total. The van der Waals surface area contributed by atoms with Crippen LogP contribution in [-0.4, -0.2) is 36.2 Å². The molecule has 1 aliphatic heterocycles. The average molecular weight is 422 g/mol. The second kappa shape index (κ2) is 9.76. The van der Waals surface area contributed by atoms with E-state index >= 15 is 0 Å². The number of ether oxygens (including phenoxy) is 1. The predicted octanol–water partition coefficient (Wildman–Crippen LogP) is 5.43. The lowest BCUT2D eigenvalue weighted by atomic mass is 9.84. The molecule has 1 heterocycles. The van der Waals surface area contributed by atoms with Gasteiger partial charge in [0.25, 0.3) is 0 Å². The number of benzene rings is 3. The summed E-state index contributed by atoms with van der Waals surface area (Å²) in [4.78, 5) is 2.37. The molecule has 0 saturated carbocycles. The van der Waals surface area contributed by atoms with Gasteiger partial charge in [-0.3, -0.25) is 0 Å². The quantitative estimate of drug-likeness (QED) is 0.552. The van der Waals surface area contributed by atoms with Crippen LogP contribution in [0, 0.1) is 0 Å². The average Bonchev–Trinajstić information content (AvgIpc) is 2.79. The summed E-state index contributed by atoms with van der Waals surface area (Å²) in [5.41, 5.74) is 2.52. The molecule has 0 aliphatic carbocycles. The van der Waals surface area contributed by atoms with Gasteiger partial charge < -0.3 is 14.7 Å². The summed E-state index contributed by atoms with van der Waals surface area (Å²) in [6.07, 6.45) is 1.37. The van der Waals surface area contributed by atoms with Crippen LogP contribution >= 0.6 is 11.6 Å². The van der Waals surface area contributed by atoms with Crippen LogP contribution in [0.1, 0.15) is 35.6 Å². The van der Waals surface area contributed by atoms with Crippen molar-refractivity contribution in [2.45, 2.75) is 24.5 Å². The minimum absolute atomic E-state index is 0.0665. The summed E-state index contributed by atoms with van der Waals surface area (Å²) >= 11 is 5.99. The monoisotopic (exact) mass is 421 g/mol. The molecule has 1 fully saturated rings. The largest absolute Gasteiger partial charge is 0.385 e. The number of likely N-dealkylation sites (tertiary alicyclic amines) is 1. The fourth-order valence-corrected chi connectivity index (χ4v) is 4.26. The van der Waals surface area contributed by atoms with Crippen LogP contribution in [0.15, 0.2) is 84.9 Å². The minimum Gasteiger partial charge on any atom is -0.385 e. The van der Waals surface area contributed by atoms with E-state index in [0.29, 0.717) is 11.6 Å². The Balaban J connectivity index is 1.33. The molecule has 3 aromatic carbocycles. The third-order valence-corrected chi connectivity index (χ3v) is 6.21. The number of hydrogen-bond acceptors (Lipinski definition) is 3. The topological polar surface area (TPSA) is 32.7 Å². The molecule has 0 amide bonds. The first kappa shape index (κ1) is 21.1. The SMILES string of the molecule is OC1(c2ccc(Cl)cc2)CCN(CCOC(c2ccccc2)c2ccccc2)CC1. The van der Waals surface area contributed by atoms with Crippen molar-refractivity contribution in [1.29, 1.82) is 0 Å². The molecule has 1 saturated heterocycles. The van der Waals surface area contributed by atoms with Gasteiger partial charge in [0, 0.05) is 24.7 Å². The van der Waals surface area contributed by atoms with Gasteiger partial charge >= 0.3 is 0 Å². The van der Waals surface area contributed by atoms with E-state index in [0.717, 1.165) is 38.0 Å². The number of piperidine rings is 1. The van der Waals surface area contributed by atoms with Gasteiger partial charge in [0.15, 0.2) is 0 Å². The van der Waals surface area contributed by atoms with E-state index in [1.54, 1.807) is 0 Å². The van der Waals surface area contributed by atoms with Gasteiger partial charge in [-0.05, 0) is 41.7 Å². The van der Waals surface area contributed by atoms with Crippen molar-refractivity contribution >= 4 is 11.6 Å². The van der Waals surface area contributed by atoms with E-state index < -0.39 is 5.60 Å². The fraction of sp³-hybridized carbons (Fsp3) is 0.308. The molecule has 0 spiro atoms. The summed E-state index contributed by atoms with van der Waals surface area (Å²) in [6, 6.07) is 28.3. The maximum absolute atomic E-state index is 11.1. The molecular weight excluding hydrogens is 394 g/mol. The molecule has 0 radical (unpaired) electrons. The van der Waals surface area contributed by atoms with Crippen molar-refractivity contribution in [3.05, 3.63) is 107 Å². The van der Waals surface area contributed by atoms with Crippen molar-refractivity contribution in [2.75, 3.05) is 26.2 Å². The molecule has 4 heteroatoms. The molecule has 0 aromatic heterocycles. The lowest BCUT2D eigenvalue weighted by Crippen LogP contribution is -2.43. The molecule has 1 N–H and O–H groups in total. The van der Waals surface area contributed by atoms with Gasteiger partial charge in [-0.25, -0.2) is 0 Å². The van der Waals surface area contributed by atoms with Crippen molar-refractivity contribution in [2.24, 2.45) is 0 Å². The zero-order valence-electron chi connectivity index (χ0n) is 17.1. The van der Waals surface area contributed by atoms with Crippen LogP contribution in [0.25, 0.3) is 0 Å². The van der Waals surface area contributed by atoms with Crippen molar-refractivity contribution < 1.29 is 9.84 Å². The summed E-state index contributed by atoms with van der Waals surface area (Å²) in [5, 5.41) is 11.8. The third-order valence-electron chi connectivity index (χ3n) is 5.96. The van der Waals surface area contributed by atoms with Crippen molar-refractivity contribution in [1.82, 2.24) is 4.90 Å². The highest BCUT2D eigenvalue weighted by Crippen LogP contribution is 2.33. The number of halogens is 1. The van der Waals surface area contributed by atoms with Gasteiger partial charge in [-0.1, -0.05) is 84.4 Å². The van der Waals surface area contributed by atoms with E-state index in [2.05, 4.69) is 53.4 Å². The highest BCUT2D eigenvalue weighted by Gasteiger charge is 2.33. The second-order valence-corrected chi connectivity index (χ2v) is 8.39. The Labute approximate surface area is 183 Å². The molecule has 156 valence electrons. The zero-order valence-corrected chi connectivity index (χ0v) is 17.8. The van der Waals surface area contributed by atoms with Gasteiger partial charge in [0.05, 0.1) is 12.2 Å².